The quantitative estimate of drug-likeness (QED) is 0.458. The largest absolute Gasteiger partial charge is 0.464 e. The number of thioether (sulfide) groups is 1. The molecule has 2 aromatic rings. The molecule has 1 aliphatic heterocycles. The number of rotatable bonds is 5. The number of hydrogen-bond acceptors (Lipinski definition) is 6. The van der Waals surface area contributed by atoms with Crippen molar-refractivity contribution in [3.63, 3.8) is 0 Å². The average Bonchev–Trinajstić information content (AvgIpc) is 3.19. The minimum absolute atomic E-state index is 0.180. The van der Waals surface area contributed by atoms with Crippen LogP contribution in [0.4, 0.5) is 4.79 Å². The predicted octanol–water partition coefficient (Wildman–Crippen LogP) is 5.01. The highest BCUT2D eigenvalue weighted by Gasteiger charge is 2.41. The van der Waals surface area contributed by atoms with Gasteiger partial charge in [0, 0.05) is 16.1 Å². The smallest absolute Gasteiger partial charge is 0.329 e. The topological polar surface area (TPSA) is 76.8 Å². The first-order valence-electron chi connectivity index (χ1n) is 8.62. The van der Waals surface area contributed by atoms with Crippen LogP contribution in [0.2, 0.25) is 0 Å². The molecule has 1 saturated heterocycles. The van der Waals surface area contributed by atoms with Crippen LogP contribution < -0.4 is 0 Å². The number of benzene rings is 1. The van der Waals surface area contributed by atoms with Gasteiger partial charge in [-0.3, -0.25) is 14.5 Å². The molecule has 0 unspecified atom stereocenters. The van der Waals surface area contributed by atoms with E-state index in [2.05, 4.69) is 15.9 Å². The second-order valence-electron chi connectivity index (χ2n) is 6.17. The van der Waals surface area contributed by atoms with E-state index in [4.69, 9.17) is 9.15 Å². The second-order valence-corrected chi connectivity index (χ2v) is 8.01. The molecule has 8 heteroatoms. The van der Waals surface area contributed by atoms with Crippen LogP contribution in [0.15, 0.2) is 44.1 Å². The molecule has 0 N–H and O–H groups in total. The van der Waals surface area contributed by atoms with E-state index in [0.29, 0.717) is 11.5 Å². The van der Waals surface area contributed by atoms with E-state index in [9.17, 15) is 14.4 Å². The molecule has 0 radical (unpaired) electrons. The third kappa shape index (κ3) is 4.07. The minimum atomic E-state index is -0.978. The van der Waals surface area contributed by atoms with Crippen molar-refractivity contribution >= 4 is 50.9 Å². The molecular formula is C20H18BrNO5S. The number of carbonyl (C=O) groups is 3. The number of aryl methyl sites for hydroxylation is 1. The highest BCUT2D eigenvalue weighted by molar-refractivity contribution is 9.10. The zero-order valence-electron chi connectivity index (χ0n) is 15.5. The standard InChI is InChI=1S/C20H18BrNO5S/c1-4-26-19(24)12(3)22-18(23)17(28-20(22)25)10-13-6-8-16(27-13)14-7-5-11(2)9-15(14)21/h5-10,12H,4H2,1-3H3/b17-10+/t12-/m0/s1. The average molecular weight is 464 g/mol. The molecule has 0 saturated carbocycles. The lowest BCUT2D eigenvalue weighted by atomic mass is 10.1. The van der Waals surface area contributed by atoms with Gasteiger partial charge in [-0.15, -0.1) is 0 Å². The molecule has 6 nitrogen and oxygen atoms in total. The third-order valence-electron chi connectivity index (χ3n) is 4.13. The monoisotopic (exact) mass is 463 g/mol. The Morgan fingerprint density at radius 3 is 2.75 bits per heavy atom. The molecule has 2 amide bonds. The maximum Gasteiger partial charge on any atom is 0.329 e. The summed E-state index contributed by atoms with van der Waals surface area (Å²) in [5, 5.41) is -0.509. The van der Waals surface area contributed by atoms with Crippen LogP contribution in [0.25, 0.3) is 17.4 Å². The van der Waals surface area contributed by atoms with Gasteiger partial charge in [0.2, 0.25) is 0 Å². The van der Waals surface area contributed by atoms with Crippen molar-refractivity contribution in [1.82, 2.24) is 4.90 Å². The minimum Gasteiger partial charge on any atom is -0.464 e. The van der Waals surface area contributed by atoms with Crippen molar-refractivity contribution in [1.29, 1.82) is 0 Å². The molecule has 1 aliphatic rings. The Bertz CT molecular complexity index is 981. The van der Waals surface area contributed by atoms with Gasteiger partial charge in [-0.1, -0.05) is 22.0 Å². The first-order valence-corrected chi connectivity index (χ1v) is 10.2. The van der Waals surface area contributed by atoms with Gasteiger partial charge in [-0.25, -0.2) is 4.79 Å². The van der Waals surface area contributed by atoms with Gasteiger partial charge in [-0.05, 0) is 62.4 Å². The summed E-state index contributed by atoms with van der Waals surface area (Å²) < 4.78 is 11.6. The Morgan fingerprint density at radius 2 is 2.07 bits per heavy atom. The van der Waals surface area contributed by atoms with Crippen LogP contribution in [-0.4, -0.2) is 34.7 Å². The summed E-state index contributed by atoms with van der Waals surface area (Å²) in [7, 11) is 0. The van der Waals surface area contributed by atoms with Gasteiger partial charge in [0.05, 0.1) is 11.5 Å². The lowest BCUT2D eigenvalue weighted by Gasteiger charge is -2.19. The zero-order valence-corrected chi connectivity index (χ0v) is 17.9. The number of hydrogen-bond donors (Lipinski definition) is 0. The number of ether oxygens (including phenoxy) is 1. The van der Waals surface area contributed by atoms with E-state index in [1.165, 1.54) is 13.0 Å². The van der Waals surface area contributed by atoms with Gasteiger partial charge < -0.3 is 9.15 Å². The number of furan rings is 1. The van der Waals surface area contributed by atoms with Crippen LogP contribution in [-0.2, 0) is 14.3 Å². The highest BCUT2D eigenvalue weighted by Crippen LogP contribution is 2.35. The number of esters is 1. The summed E-state index contributed by atoms with van der Waals surface area (Å²) in [4.78, 5) is 37.8. The summed E-state index contributed by atoms with van der Waals surface area (Å²) in [5.41, 5.74) is 2.00. The van der Waals surface area contributed by atoms with Crippen molar-refractivity contribution in [2.75, 3.05) is 6.61 Å². The number of imide groups is 1. The lowest BCUT2D eigenvalue weighted by molar-refractivity contribution is -0.150. The van der Waals surface area contributed by atoms with E-state index in [-0.39, 0.29) is 11.5 Å². The maximum atomic E-state index is 12.6. The number of nitrogens with zero attached hydrogens (tertiary/aromatic N) is 1. The van der Waals surface area contributed by atoms with E-state index < -0.39 is 23.2 Å². The SMILES string of the molecule is CCOC(=O)[C@H](C)N1C(=O)S/C(=C/c2ccc(-c3ccc(C)cc3Br)o2)C1=O. The van der Waals surface area contributed by atoms with E-state index >= 15 is 0 Å². The lowest BCUT2D eigenvalue weighted by Crippen LogP contribution is -2.42. The molecule has 1 aromatic carbocycles. The molecular weight excluding hydrogens is 446 g/mol. The number of carbonyl (C=O) groups excluding carboxylic acids is 3. The van der Waals surface area contributed by atoms with Crippen molar-refractivity contribution in [2.45, 2.75) is 26.8 Å². The Kier molecular flexibility index (Phi) is 6.10. The fourth-order valence-electron chi connectivity index (χ4n) is 2.71. The number of halogens is 1. The third-order valence-corrected chi connectivity index (χ3v) is 5.67. The molecule has 1 atom stereocenters. The van der Waals surface area contributed by atoms with Crippen LogP contribution in [0.1, 0.15) is 25.2 Å². The van der Waals surface area contributed by atoms with E-state index in [0.717, 1.165) is 32.3 Å². The van der Waals surface area contributed by atoms with Crippen LogP contribution in [0.3, 0.4) is 0 Å². The van der Waals surface area contributed by atoms with Gasteiger partial charge in [0.1, 0.15) is 17.6 Å². The molecule has 0 aliphatic carbocycles. The summed E-state index contributed by atoms with van der Waals surface area (Å²) in [5.74, 6) is -0.0745. The summed E-state index contributed by atoms with van der Waals surface area (Å²) in [6.45, 7) is 5.31. The first-order chi connectivity index (χ1) is 13.3. The molecule has 2 heterocycles. The van der Waals surface area contributed by atoms with Crippen molar-refractivity contribution in [3.8, 4) is 11.3 Å². The Balaban J connectivity index is 1.83. The van der Waals surface area contributed by atoms with E-state index in [1.54, 1.807) is 19.1 Å². The van der Waals surface area contributed by atoms with Crippen molar-refractivity contribution in [3.05, 3.63) is 51.0 Å². The van der Waals surface area contributed by atoms with Gasteiger partial charge in [-0.2, -0.15) is 0 Å². The highest BCUT2D eigenvalue weighted by atomic mass is 79.9. The van der Waals surface area contributed by atoms with Crippen LogP contribution in [0.5, 0.6) is 0 Å². The maximum absolute atomic E-state index is 12.6. The summed E-state index contributed by atoms with van der Waals surface area (Å²) in [6.07, 6.45) is 1.51. The second kappa shape index (κ2) is 8.36. The van der Waals surface area contributed by atoms with Crippen molar-refractivity contribution in [2.24, 2.45) is 0 Å². The molecule has 28 heavy (non-hydrogen) atoms. The van der Waals surface area contributed by atoms with Gasteiger partial charge in [0.15, 0.2) is 0 Å². The molecule has 1 fully saturated rings. The molecule has 146 valence electrons. The number of amides is 2. The Hall–Kier alpha value is -2.32. The molecule has 0 bridgehead atoms. The van der Waals surface area contributed by atoms with Crippen molar-refractivity contribution < 1.29 is 23.5 Å². The normalized spacial score (nSPS) is 16.7. The zero-order chi connectivity index (χ0) is 20.4. The summed E-state index contributed by atoms with van der Waals surface area (Å²) in [6, 6.07) is 8.45. The van der Waals surface area contributed by atoms with Crippen LogP contribution in [0, 0.1) is 6.92 Å². The first kappa shape index (κ1) is 20.4. The molecule has 3 rings (SSSR count). The van der Waals surface area contributed by atoms with Gasteiger partial charge >= 0.3 is 5.97 Å². The summed E-state index contributed by atoms with van der Waals surface area (Å²) >= 11 is 4.29. The molecule has 0 spiro atoms. The Morgan fingerprint density at radius 1 is 1.32 bits per heavy atom. The van der Waals surface area contributed by atoms with Gasteiger partial charge in [0.25, 0.3) is 11.1 Å². The molecule has 1 aromatic heterocycles. The van der Waals surface area contributed by atoms with Crippen LogP contribution >= 0.6 is 27.7 Å². The fraction of sp³-hybridized carbons (Fsp3) is 0.250. The fourth-order valence-corrected chi connectivity index (χ4v) is 4.28. The van der Waals surface area contributed by atoms with E-state index in [1.807, 2.05) is 25.1 Å². The predicted molar refractivity (Wildman–Crippen MR) is 110 cm³/mol. The Labute approximate surface area is 175 Å².